The number of benzene rings is 1. The molecule has 2 aromatic rings. The number of amides is 1. The second-order valence-corrected chi connectivity index (χ2v) is 3.29. The van der Waals surface area contributed by atoms with E-state index in [0.717, 1.165) is 0 Å². The quantitative estimate of drug-likeness (QED) is 0.780. The summed E-state index contributed by atoms with van der Waals surface area (Å²) in [6, 6.07) is 11.1. The van der Waals surface area contributed by atoms with Crippen LogP contribution in [0, 0.1) is 5.95 Å². The molecule has 0 fully saturated rings. The average molecular weight is 216 g/mol. The molecule has 1 aromatic heterocycles. The van der Waals surface area contributed by atoms with Crippen molar-refractivity contribution in [3.05, 3.63) is 54.0 Å². The van der Waals surface area contributed by atoms with Crippen LogP contribution in [0.4, 0.5) is 4.39 Å². The van der Waals surface area contributed by atoms with E-state index in [0.29, 0.717) is 16.8 Å². The number of primary amides is 1. The van der Waals surface area contributed by atoms with Gasteiger partial charge in [0, 0.05) is 11.1 Å². The molecule has 0 saturated heterocycles. The summed E-state index contributed by atoms with van der Waals surface area (Å²) in [5.41, 5.74) is 6.67. The molecule has 2 rings (SSSR count). The maximum Gasteiger partial charge on any atom is 0.248 e. The SMILES string of the molecule is NC(=O)c1cccc(-c2cccc(F)n2)c1. The number of hydrogen-bond donors (Lipinski definition) is 1. The van der Waals surface area contributed by atoms with Crippen LogP contribution in [0.3, 0.4) is 0 Å². The fourth-order valence-corrected chi connectivity index (χ4v) is 1.40. The highest BCUT2D eigenvalue weighted by Gasteiger charge is 2.04. The lowest BCUT2D eigenvalue weighted by Gasteiger charge is -2.02. The Bertz CT molecular complexity index is 540. The van der Waals surface area contributed by atoms with Gasteiger partial charge >= 0.3 is 0 Å². The van der Waals surface area contributed by atoms with Crippen LogP contribution >= 0.6 is 0 Å². The van der Waals surface area contributed by atoms with E-state index in [1.165, 1.54) is 6.07 Å². The molecular weight excluding hydrogens is 207 g/mol. The Labute approximate surface area is 91.7 Å². The maximum atomic E-state index is 12.9. The van der Waals surface area contributed by atoms with Gasteiger partial charge < -0.3 is 5.73 Å². The fourth-order valence-electron chi connectivity index (χ4n) is 1.40. The van der Waals surface area contributed by atoms with Crippen molar-refractivity contribution >= 4 is 5.91 Å². The molecule has 0 saturated carbocycles. The molecule has 80 valence electrons. The molecule has 1 amide bonds. The van der Waals surface area contributed by atoms with Crippen molar-refractivity contribution in [2.45, 2.75) is 0 Å². The van der Waals surface area contributed by atoms with Gasteiger partial charge in [0.2, 0.25) is 11.9 Å². The molecule has 2 N–H and O–H groups in total. The largest absolute Gasteiger partial charge is 0.366 e. The molecule has 0 spiro atoms. The standard InChI is InChI=1S/C12H9FN2O/c13-11-6-2-5-10(15-11)8-3-1-4-9(7-8)12(14)16/h1-7H,(H2,14,16). The zero-order chi connectivity index (χ0) is 11.5. The number of nitrogens with zero attached hydrogens (tertiary/aromatic N) is 1. The van der Waals surface area contributed by atoms with Crippen LogP contribution in [0.1, 0.15) is 10.4 Å². The van der Waals surface area contributed by atoms with E-state index >= 15 is 0 Å². The van der Waals surface area contributed by atoms with E-state index in [1.807, 2.05) is 0 Å². The van der Waals surface area contributed by atoms with Gasteiger partial charge in [-0.3, -0.25) is 4.79 Å². The van der Waals surface area contributed by atoms with Crippen molar-refractivity contribution in [1.29, 1.82) is 0 Å². The lowest BCUT2D eigenvalue weighted by atomic mass is 10.1. The van der Waals surface area contributed by atoms with Gasteiger partial charge in [0.25, 0.3) is 0 Å². The van der Waals surface area contributed by atoms with Crippen molar-refractivity contribution < 1.29 is 9.18 Å². The first-order chi connectivity index (χ1) is 7.66. The number of hydrogen-bond acceptors (Lipinski definition) is 2. The smallest absolute Gasteiger partial charge is 0.248 e. The summed E-state index contributed by atoms with van der Waals surface area (Å²) in [6.45, 7) is 0. The second kappa shape index (κ2) is 4.10. The minimum Gasteiger partial charge on any atom is -0.366 e. The van der Waals surface area contributed by atoms with E-state index in [2.05, 4.69) is 4.98 Å². The van der Waals surface area contributed by atoms with Crippen LogP contribution in [0.25, 0.3) is 11.3 Å². The first kappa shape index (κ1) is 10.3. The van der Waals surface area contributed by atoms with Gasteiger partial charge in [-0.05, 0) is 24.3 Å². The Hall–Kier alpha value is -2.23. The molecule has 3 nitrogen and oxygen atoms in total. The molecule has 16 heavy (non-hydrogen) atoms. The monoisotopic (exact) mass is 216 g/mol. The topological polar surface area (TPSA) is 56.0 Å². The van der Waals surface area contributed by atoms with Crippen molar-refractivity contribution in [2.75, 3.05) is 0 Å². The van der Waals surface area contributed by atoms with Crippen molar-refractivity contribution in [3.63, 3.8) is 0 Å². The summed E-state index contributed by atoms with van der Waals surface area (Å²) in [6.07, 6.45) is 0. The molecule has 0 aliphatic rings. The summed E-state index contributed by atoms with van der Waals surface area (Å²) in [5, 5.41) is 0. The lowest BCUT2D eigenvalue weighted by Crippen LogP contribution is -2.10. The van der Waals surface area contributed by atoms with Crippen molar-refractivity contribution in [2.24, 2.45) is 5.73 Å². The molecule has 0 unspecified atom stereocenters. The van der Waals surface area contributed by atoms with E-state index in [4.69, 9.17) is 5.73 Å². The zero-order valence-corrected chi connectivity index (χ0v) is 8.35. The Morgan fingerprint density at radius 3 is 2.62 bits per heavy atom. The van der Waals surface area contributed by atoms with E-state index in [1.54, 1.807) is 36.4 Å². The third-order valence-corrected chi connectivity index (χ3v) is 2.16. The third kappa shape index (κ3) is 2.06. The zero-order valence-electron chi connectivity index (χ0n) is 8.35. The highest BCUT2D eigenvalue weighted by Crippen LogP contribution is 2.18. The minimum absolute atomic E-state index is 0.378. The Morgan fingerprint density at radius 1 is 1.19 bits per heavy atom. The first-order valence-electron chi connectivity index (χ1n) is 4.69. The van der Waals surface area contributed by atoms with Gasteiger partial charge in [-0.25, -0.2) is 4.98 Å². The Morgan fingerprint density at radius 2 is 1.94 bits per heavy atom. The molecule has 1 aromatic carbocycles. The van der Waals surface area contributed by atoms with Crippen LogP contribution < -0.4 is 5.73 Å². The minimum atomic E-state index is -0.554. The van der Waals surface area contributed by atoms with Gasteiger partial charge in [-0.1, -0.05) is 18.2 Å². The summed E-state index contributed by atoms with van der Waals surface area (Å²) in [4.78, 5) is 14.7. The molecule has 0 atom stereocenters. The number of rotatable bonds is 2. The Balaban J connectivity index is 2.48. The van der Waals surface area contributed by atoms with Crippen LogP contribution in [0.5, 0.6) is 0 Å². The van der Waals surface area contributed by atoms with Gasteiger partial charge in [-0.15, -0.1) is 0 Å². The number of pyridine rings is 1. The van der Waals surface area contributed by atoms with Crippen LogP contribution in [-0.2, 0) is 0 Å². The van der Waals surface area contributed by atoms with Crippen LogP contribution in [0.15, 0.2) is 42.5 Å². The molecule has 4 heteroatoms. The number of carbonyl (C=O) groups excluding carboxylic acids is 1. The lowest BCUT2D eigenvalue weighted by molar-refractivity contribution is 0.100. The number of nitrogens with two attached hydrogens (primary N) is 1. The second-order valence-electron chi connectivity index (χ2n) is 3.29. The van der Waals surface area contributed by atoms with E-state index in [-0.39, 0.29) is 0 Å². The molecule has 0 aliphatic carbocycles. The van der Waals surface area contributed by atoms with Gasteiger partial charge in [0.05, 0.1) is 5.69 Å². The first-order valence-corrected chi connectivity index (χ1v) is 4.69. The van der Waals surface area contributed by atoms with Crippen molar-refractivity contribution in [3.8, 4) is 11.3 Å². The highest BCUT2D eigenvalue weighted by molar-refractivity contribution is 5.93. The van der Waals surface area contributed by atoms with Crippen LogP contribution in [0.2, 0.25) is 0 Å². The van der Waals surface area contributed by atoms with Crippen molar-refractivity contribution in [1.82, 2.24) is 4.98 Å². The summed E-state index contributed by atoms with van der Waals surface area (Å²) in [7, 11) is 0. The fraction of sp³-hybridized carbons (Fsp3) is 0. The average Bonchev–Trinajstić information content (AvgIpc) is 2.29. The van der Waals surface area contributed by atoms with Gasteiger partial charge in [0.15, 0.2) is 0 Å². The number of halogens is 1. The Kier molecular flexibility index (Phi) is 2.64. The normalized spacial score (nSPS) is 10.1. The maximum absolute atomic E-state index is 12.9. The van der Waals surface area contributed by atoms with Gasteiger partial charge in [0.1, 0.15) is 0 Å². The predicted molar refractivity (Wildman–Crippen MR) is 58.1 cm³/mol. The molecular formula is C12H9FN2O. The van der Waals surface area contributed by atoms with Gasteiger partial charge in [-0.2, -0.15) is 4.39 Å². The predicted octanol–water partition coefficient (Wildman–Crippen LogP) is 1.99. The number of carbonyl (C=O) groups is 1. The molecule has 0 radical (unpaired) electrons. The molecule has 0 aliphatic heterocycles. The van der Waals surface area contributed by atoms with Crippen LogP contribution in [-0.4, -0.2) is 10.9 Å². The summed E-state index contributed by atoms with van der Waals surface area (Å²) >= 11 is 0. The summed E-state index contributed by atoms with van der Waals surface area (Å²) < 4.78 is 12.9. The van der Waals surface area contributed by atoms with E-state index < -0.39 is 11.9 Å². The molecule has 0 bridgehead atoms. The van der Waals surface area contributed by atoms with E-state index in [9.17, 15) is 9.18 Å². The highest BCUT2D eigenvalue weighted by atomic mass is 19.1. The summed E-state index contributed by atoms with van der Waals surface area (Å²) in [5.74, 6) is -1.07. The number of aromatic nitrogens is 1. The molecule has 1 heterocycles. The third-order valence-electron chi connectivity index (χ3n) is 2.16.